The lowest BCUT2D eigenvalue weighted by atomic mass is 10.0. The fraction of sp³-hybridized carbons (Fsp3) is 0.200. The molecule has 0 unspecified atom stereocenters. The molecule has 2 heteroatoms. The lowest BCUT2D eigenvalue weighted by molar-refractivity contribution is 0.663. The van der Waals surface area contributed by atoms with E-state index >= 15 is 0 Å². The standard InChI is InChI=1S/C15H16OS/c1-2-12-3-7-14(8-4-12)15-9-5-13(6-10-15)11-17-16/h3-10,16H,2,11H2,1H3. The molecule has 0 radical (unpaired) electrons. The Labute approximate surface area is 107 Å². The summed E-state index contributed by atoms with van der Waals surface area (Å²) in [5.74, 6) is 0.648. The van der Waals surface area contributed by atoms with Gasteiger partial charge in [-0.2, -0.15) is 0 Å². The highest BCUT2D eigenvalue weighted by atomic mass is 32.2. The van der Waals surface area contributed by atoms with E-state index in [9.17, 15) is 0 Å². The van der Waals surface area contributed by atoms with Gasteiger partial charge in [0.25, 0.3) is 0 Å². The van der Waals surface area contributed by atoms with Crippen LogP contribution < -0.4 is 0 Å². The van der Waals surface area contributed by atoms with Crippen LogP contribution in [0.4, 0.5) is 0 Å². The summed E-state index contributed by atoms with van der Waals surface area (Å²) in [4.78, 5) is 0. The van der Waals surface area contributed by atoms with Crippen molar-refractivity contribution in [2.24, 2.45) is 0 Å². The number of hydrogen-bond acceptors (Lipinski definition) is 2. The van der Waals surface area contributed by atoms with Crippen molar-refractivity contribution in [1.82, 2.24) is 0 Å². The summed E-state index contributed by atoms with van der Waals surface area (Å²) >= 11 is 0.861. The molecule has 0 fully saturated rings. The van der Waals surface area contributed by atoms with Gasteiger partial charge in [-0.05, 0) is 40.7 Å². The second-order valence-corrected chi connectivity index (χ2v) is 4.57. The molecule has 0 spiro atoms. The molecule has 0 aliphatic rings. The molecule has 0 saturated heterocycles. The molecule has 2 rings (SSSR count). The Morgan fingerprint density at radius 1 is 0.824 bits per heavy atom. The monoisotopic (exact) mass is 244 g/mol. The van der Waals surface area contributed by atoms with Crippen molar-refractivity contribution < 1.29 is 4.55 Å². The Morgan fingerprint density at radius 3 is 1.71 bits per heavy atom. The van der Waals surface area contributed by atoms with Crippen LogP contribution in [0.2, 0.25) is 0 Å². The van der Waals surface area contributed by atoms with Gasteiger partial charge in [-0.15, -0.1) is 0 Å². The largest absolute Gasteiger partial charge is 0.330 e. The van der Waals surface area contributed by atoms with Gasteiger partial charge in [0.15, 0.2) is 0 Å². The molecule has 1 nitrogen and oxygen atoms in total. The molecule has 0 aliphatic heterocycles. The fourth-order valence-electron chi connectivity index (χ4n) is 1.80. The van der Waals surface area contributed by atoms with E-state index in [-0.39, 0.29) is 0 Å². The molecule has 1 N–H and O–H groups in total. The van der Waals surface area contributed by atoms with Crippen LogP contribution in [0.15, 0.2) is 48.5 Å². The number of rotatable bonds is 4. The van der Waals surface area contributed by atoms with Crippen molar-refractivity contribution in [1.29, 1.82) is 0 Å². The minimum absolute atomic E-state index is 0.648. The summed E-state index contributed by atoms with van der Waals surface area (Å²) in [5, 5.41) is 0. The van der Waals surface area contributed by atoms with Crippen LogP contribution in [0.1, 0.15) is 18.1 Å². The molecule has 0 atom stereocenters. The minimum atomic E-state index is 0.648. The van der Waals surface area contributed by atoms with Gasteiger partial charge in [0.05, 0.1) is 0 Å². The van der Waals surface area contributed by atoms with E-state index in [2.05, 4.69) is 55.5 Å². The summed E-state index contributed by atoms with van der Waals surface area (Å²) in [7, 11) is 0. The highest BCUT2D eigenvalue weighted by Gasteiger charge is 1.98. The molecular formula is C15H16OS. The minimum Gasteiger partial charge on any atom is -0.330 e. The maximum Gasteiger partial charge on any atom is 0.0446 e. The first-order chi connectivity index (χ1) is 8.33. The van der Waals surface area contributed by atoms with Crippen LogP contribution in [0, 0.1) is 0 Å². The molecule has 0 amide bonds. The lowest BCUT2D eigenvalue weighted by Crippen LogP contribution is -1.83. The second kappa shape index (κ2) is 5.89. The Balaban J connectivity index is 2.20. The Morgan fingerprint density at radius 2 is 1.29 bits per heavy atom. The third-order valence-corrected chi connectivity index (χ3v) is 3.34. The van der Waals surface area contributed by atoms with Crippen molar-refractivity contribution in [3.8, 4) is 11.1 Å². The Kier molecular flexibility index (Phi) is 4.24. The average Bonchev–Trinajstić information content (AvgIpc) is 2.40. The zero-order valence-corrected chi connectivity index (χ0v) is 10.7. The van der Waals surface area contributed by atoms with Crippen LogP contribution in [0.3, 0.4) is 0 Å². The molecule has 88 valence electrons. The van der Waals surface area contributed by atoms with Crippen LogP contribution >= 0.6 is 12.0 Å². The molecule has 17 heavy (non-hydrogen) atoms. The van der Waals surface area contributed by atoms with Gasteiger partial charge in [0, 0.05) is 5.75 Å². The van der Waals surface area contributed by atoms with E-state index in [1.807, 2.05) is 0 Å². The lowest BCUT2D eigenvalue weighted by Gasteiger charge is -2.04. The van der Waals surface area contributed by atoms with E-state index < -0.39 is 0 Å². The predicted molar refractivity (Wildman–Crippen MR) is 75.2 cm³/mol. The zero-order chi connectivity index (χ0) is 12.1. The normalized spacial score (nSPS) is 10.5. The first-order valence-corrected chi connectivity index (χ1v) is 6.72. The maximum atomic E-state index is 8.78. The average molecular weight is 244 g/mol. The van der Waals surface area contributed by atoms with Gasteiger partial charge in [0.2, 0.25) is 0 Å². The van der Waals surface area contributed by atoms with E-state index in [4.69, 9.17) is 4.55 Å². The van der Waals surface area contributed by atoms with Gasteiger partial charge in [0.1, 0.15) is 0 Å². The van der Waals surface area contributed by atoms with Crippen molar-refractivity contribution in [2.45, 2.75) is 19.1 Å². The summed E-state index contributed by atoms with van der Waals surface area (Å²) < 4.78 is 8.78. The third-order valence-electron chi connectivity index (χ3n) is 2.88. The maximum absolute atomic E-state index is 8.78. The molecule has 2 aromatic rings. The quantitative estimate of drug-likeness (QED) is 0.792. The fourth-order valence-corrected chi connectivity index (χ4v) is 2.14. The SMILES string of the molecule is CCc1ccc(-c2ccc(CSO)cc2)cc1. The second-order valence-electron chi connectivity index (χ2n) is 4.02. The molecular weight excluding hydrogens is 228 g/mol. The van der Waals surface area contributed by atoms with Gasteiger partial charge in [-0.3, -0.25) is 0 Å². The van der Waals surface area contributed by atoms with Crippen LogP contribution in [-0.2, 0) is 12.2 Å². The topological polar surface area (TPSA) is 20.2 Å². The van der Waals surface area contributed by atoms with Crippen LogP contribution in [-0.4, -0.2) is 4.55 Å². The summed E-state index contributed by atoms with van der Waals surface area (Å²) in [6, 6.07) is 17.0. The van der Waals surface area contributed by atoms with E-state index in [1.54, 1.807) is 0 Å². The van der Waals surface area contributed by atoms with Gasteiger partial charge in [-0.1, -0.05) is 55.5 Å². The van der Waals surface area contributed by atoms with Crippen LogP contribution in [0.25, 0.3) is 11.1 Å². The summed E-state index contributed by atoms with van der Waals surface area (Å²) in [6.07, 6.45) is 1.08. The number of aryl methyl sites for hydroxylation is 1. The van der Waals surface area contributed by atoms with Gasteiger partial charge >= 0.3 is 0 Å². The first kappa shape index (κ1) is 12.2. The van der Waals surface area contributed by atoms with Crippen molar-refractivity contribution >= 4 is 12.0 Å². The van der Waals surface area contributed by atoms with Gasteiger partial charge in [-0.25, -0.2) is 0 Å². The number of hydrogen-bond donors (Lipinski definition) is 1. The molecule has 0 aliphatic carbocycles. The smallest absolute Gasteiger partial charge is 0.0446 e. The molecule has 0 heterocycles. The highest BCUT2D eigenvalue weighted by molar-refractivity contribution is 7.92. The van der Waals surface area contributed by atoms with E-state index in [0.717, 1.165) is 24.0 Å². The molecule has 0 bridgehead atoms. The van der Waals surface area contributed by atoms with Crippen molar-refractivity contribution in [3.63, 3.8) is 0 Å². The zero-order valence-electron chi connectivity index (χ0n) is 9.89. The third kappa shape index (κ3) is 3.11. The molecule has 0 aromatic heterocycles. The Hall–Kier alpha value is -1.25. The summed E-state index contributed by atoms with van der Waals surface area (Å²) in [5.41, 5.74) is 4.97. The number of benzene rings is 2. The van der Waals surface area contributed by atoms with Crippen molar-refractivity contribution in [2.75, 3.05) is 0 Å². The van der Waals surface area contributed by atoms with E-state index in [1.165, 1.54) is 16.7 Å². The predicted octanol–water partition coefficient (Wildman–Crippen LogP) is 4.62. The molecule has 0 saturated carbocycles. The Bertz CT molecular complexity index is 459. The van der Waals surface area contributed by atoms with Crippen LogP contribution in [0.5, 0.6) is 0 Å². The van der Waals surface area contributed by atoms with Gasteiger partial charge < -0.3 is 4.55 Å². The van der Waals surface area contributed by atoms with Crippen molar-refractivity contribution in [3.05, 3.63) is 59.7 Å². The summed E-state index contributed by atoms with van der Waals surface area (Å²) in [6.45, 7) is 2.16. The highest BCUT2D eigenvalue weighted by Crippen LogP contribution is 2.21. The van der Waals surface area contributed by atoms with E-state index in [0.29, 0.717) is 5.75 Å². The first-order valence-electron chi connectivity index (χ1n) is 5.78. The molecule has 2 aromatic carbocycles.